The van der Waals surface area contributed by atoms with Crippen LogP contribution in [0.4, 0.5) is 0 Å². The van der Waals surface area contributed by atoms with E-state index < -0.39 is 11.9 Å². The highest BCUT2D eigenvalue weighted by atomic mass is 35.5. The monoisotopic (exact) mass is 387 g/mol. The third-order valence-electron chi connectivity index (χ3n) is 5.06. The molecule has 0 saturated carbocycles. The van der Waals surface area contributed by atoms with Crippen molar-refractivity contribution < 1.29 is 19.4 Å². The number of carbonyl (C=O) groups is 2. The average Bonchev–Trinajstić information content (AvgIpc) is 3.13. The Hall–Kier alpha value is -2.53. The van der Waals surface area contributed by atoms with E-state index in [4.69, 9.17) is 16.3 Å². The smallest absolute Gasteiger partial charge is 0.308 e. The Morgan fingerprint density at radius 1 is 1.19 bits per heavy atom. The van der Waals surface area contributed by atoms with E-state index >= 15 is 0 Å². The molecule has 0 unspecified atom stereocenters. The summed E-state index contributed by atoms with van der Waals surface area (Å²) in [5, 5.41) is 10.1. The van der Waals surface area contributed by atoms with Crippen molar-refractivity contribution in [2.24, 2.45) is 5.92 Å². The quantitative estimate of drug-likeness (QED) is 0.822. The fraction of sp³-hybridized carbons (Fsp3) is 0.333. The Bertz CT molecular complexity index is 824. The van der Waals surface area contributed by atoms with Gasteiger partial charge in [0.05, 0.1) is 18.1 Å². The summed E-state index contributed by atoms with van der Waals surface area (Å²) in [5.41, 5.74) is 1.91. The highest BCUT2D eigenvalue weighted by molar-refractivity contribution is 6.32. The van der Waals surface area contributed by atoms with Crippen LogP contribution in [-0.4, -0.2) is 42.1 Å². The van der Waals surface area contributed by atoms with E-state index in [0.717, 1.165) is 11.1 Å². The summed E-state index contributed by atoms with van der Waals surface area (Å²) >= 11 is 6.13. The highest BCUT2D eigenvalue weighted by Gasteiger charge is 2.40. The van der Waals surface area contributed by atoms with E-state index in [1.165, 1.54) is 0 Å². The number of methoxy groups -OCH3 is 1. The molecule has 1 aliphatic heterocycles. The lowest BCUT2D eigenvalue weighted by Gasteiger charge is -2.16. The fourth-order valence-electron chi connectivity index (χ4n) is 3.57. The van der Waals surface area contributed by atoms with Gasteiger partial charge in [-0.3, -0.25) is 9.59 Å². The summed E-state index contributed by atoms with van der Waals surface area (Å²) in [7, 11) is 1.56. The van der Waals surface area contributed by atoms with Crippen LogP contribution in [0.2, 0.25) is 5.02 Å². The number of aryl methyl sites for hydroxylation is 1. The van der Waals surface area contributed by atoms with Gasteiger partial charge in [0.25, 0.3) is 0 Å². The summed E-state index contributed by atoms with van der Waals surface area (Å²) < 4.78 is 5.13. The predicted molar refractivity (Wildman–Crippen MR) is 103 cm³/mol. The van der Waals surface area contributed by atoms with E-state index in [-0.39, 0.29) is 18.4 Å². The topological polar surface area (TPSA) is 66.8 Å². The maximum absolute atomic E-state index is 12.6. The van der Waals surface area contributed by atoms with E-state index in [0.29, 0.717) is 30.2 Å². The Balaban J connectivity index is 1.65. The van der Waals surface area contributed by atoms with Crippen LogP contribution in [0, 0.1) is 5.92 Å². The predicted octanol–water partition coefficient (Wildman–Crippen LogP) is 3.61. The SMILES string of the molecule is COc1ccc(CCC(=O)N2C[C@H](C(=O)O)[C@H](c3ccccc3)C2)cc1Cl. The molecule has 3 rings (SSSR count). The van der Waals surface area contributed by atoms with Crippen molar-refractivity contribution >= 4 is 23.5 Å². The van der Waals surface area contributed by atoms with Crippen molar-refractivity contribution in [1.29, 1.82) is 0 Å². The molecule has 6 heteroatoms. The summed E-state index contributed by atoms with van der Waals surface area (Å²) in [6, 6.07) is 15.0. The first kappa shape index (κ1) is 19.2. The molecule has 1 saturated heterocycles. The normalized spacial score (nSPS) is 19.1. The number of hydrogen-bond donors (Lipinski definition) is 1. The number of ether oxygens (including phenoxy) is 1. The van der Waals surface area contributed by atoms with E-state index in [9.17, 15) is 14.7 Å². The van der Waals surface area contributed by atoms with Gasteiger partial charge in [-0.25, -0.2) is 0 Å². The first-order valence-electron chi connectivity index (χ1n) is 8.87. The average molecular weight is 388 g/mol. The van der Waals surface area contributed by atoms with Gasteiger partial charge in [0.15, 0.2) is 0 Å². The zero-order valence-electron chi connectivity index (χ0n) is 15.1. The van der Waals surface area contributed by atoms with Gasteiger partial charge in [-0.05, 0) is 29.7 Å². The summed E-state index contributed by atoms with van der Waals surface area (Å²) in [6.07, 6.45) is 0.864. The molecule has 5 nitrogen and oxygen atoms in total. The van der Waals surface area contributed by atoms with Gasteiger partial charge in [0.2, 0.25) is 5.91 Å². The maximum atomic E-state index is 12.6. The van der Waals surface area contributed by atoms with Crippen molar-refractivity contribution in [3.8, 4) is 5.75 Å². The van der Waals surface area contributed by atoms with Crippen molar-refractivity contribution in [1.82, 2.24) is 4.90 Å². The zero-order valence-corrected chi connectivity index (χ0v) is 15.9. The second-order valence-electron chi connectivity index (χ2n) is 6.73. The summed E-state index contributed by atoms with van der Waals surface area (Å²) in [6.45, 7) is 0.681. The number of amides is 1. The van der Waals surface area contributed by atoms with Crippen LogP contribution in [0.5, 0.6) is 5.75 Å². The van der Waals surface area contributed by atoms with E-state index in [1.807, 2.05) is 36.4 Å². The Kier molecular flexibility index (Phi) is 6.01. The molecule has 0 aliphatic carbocycles. The fourth-order valence-corrected chi connectivity index (χ4v) is 3.85. The molecule has 0 spiro atoms. The first-order chi connectivity index (χ1) is 13.0. The lowest BCUT2D eigenvalue weighted by molar-refractivity contribution is -0.141. The molecule has 2 aromatic rings. The lowest BCUT2D eigenvalue weighted by atomic mass is 9.89. The summed E-state index contributed by atoms with van der Waals surface area (Å²) in [5.74, 6) is -1.05. The van der Waals surface area contributed by atoms with Crippen LogP contribution in [0.15, 0.2) is 48.5 Å². The minimum atomic E-state index is -0.860. The van der Waals surface area contributed by atoms with Gasteiger partial charge in [0.1, 0.15) is 5.75 Å². The minimum Gasteiger partial charge on any atom is -0.495 e. The van der Waals surface area contributed by atoms with Crippen molar-refractivity contribution in [2.45, 2.75) is 18.8 Å². The van der Waals surface area contributed by atoms with Gasteiger partial charge in [-0.1, -0.05) is 48.0 Å². The van der Waals surface area contributed by atoms with Crippen LogP contribution in [0.1, 0.15) is 23.5 Å². The molecule has 0 radical (unpaired) electrons. The van der Waals surface area contributed by atoms with Gasteiger partial charge < -0.3 is 14.7 Å². The largest absolute Gasteiger partial charge is 0.495 e. The maximum Gasteiger partial charge on any atom is 0.308 e. The Morgan fingerprint density at radius 3 is 2.56 bits per heavy atom. The Morgan fingerprint density at radius 2 is 1.93 bits per heavy atom. The van der Waals surface area contributed by atoms with Crippen LogP contribution in [-0.2, 0) is 16.0 Å². The molecule has 0 bridgehead atoms. The third kappa shape index (κ3) is 4.42. The number of carboxylic acids is 1. The molecule has 1 N–H and O–H groups in total. The molecular weight excluding hydrogens is 366 g/mol. The summed E-state index contributed by atoms with van der Waals surface area (Å²) in [4.78, 5) is 26.0. The number of carboxylic acid groups (broad SMARTS) is 1. The van der Waals surface area contributed by atoms with Crippen LogP contribution < -0.4 is 4.74 Å². The van der Waals surface area contributed by atoms with Gasteiger partial charge >= 0.3 is 5.97 Å². The molecule has 1 aliphatic rings. The molecule has 142 valence electrons. The molecule has 27 heavy (non-hydrogen) atoms. The number of benzene rings is 2. The lowest BCUT2D eigenvalue weighted by Crippen LogP contribution is -2.30. The number of likely N-dealkylation sites (tertiary alicyclic amines) is 1. The van der Waals surface area contributed by atoms with Crippen LogP contribution in [0.25, 0.3) is 0 Å². The van der Waals surface area contributed by atoms with Crippen molar-refractivity contribution in [2.75, 3.05) is 20.2 Å². The van der Waals surface area contributed by atoms with Crippen molar-refractivity contribution in [3.05, 3.63) is 64.7 Å². The number of aliphatic carboxylic acids is 1. The van der Waals surface area contributed by atoms with Gasteiger partial charge in [0, 0.05) is 25.4 Å². The minimum absolute atomic E-state index is 0.0355. The molecule has 2 aromatic carbocycles. The first-order valence-corrected chi connectivity index (χ1v) is 9.25. The van der Waals surface area contributed by atoms with Crippen LogP contribution >= 0.6 is 11.6 Å². The molecule has 2 atom stereocenters. The van der Waals surface area contributed by atoms with Crippen LogP contribution in [0.3, 0.4) is 0 Å². The molecule has 1 amide bonds. The Labute approximate surface area is 163 Å². The second kappa shape index (κ2) is 8.44. The highest BCUT2D eigenvalue weighted by Crippen LogP contribution is 2.33. The standard InChI is InChI=1S/C21H22ClNO4/c1-27-19-9-7-14(11-18(19)22)8-10-20(24)23-12-16(17(13-23)21(25)26)15-5-3-2-4-6-15/h2-7,9,11,16-17H,8,10,12-13H2,1H3,(H,25,26)/t16-,17-/m0/s1. The zero-order chi connectivity index (χ0) is 19.4. The third-order valence-corrected chi connectivity index (χ3v) is 5.36. The molecule has 1 heterocycles. The van der Waals surface area contributed by atoms with E-state index in [2.05, 4.69) is 0 Å². The molecule has 1 fully saturated rings. The van der Waals surface area contributed by atoms with E-state index in [1.54, 1.807) is 24.1 Å². The number of carbonyl (C=O) groups excluding carboxylic acids is 1. The number of hydrogen-bond acceptors (Lipinski definition) is 3. The van der Waals surface area contributed by atoms with Gasteiger partial charge in [-0.15, -0.1) is 0 Å². The number of rotatable bonds is 6. The molecule has 0 aromatic heterocycles. The molecular formula is C21H22ClNO4. The van der Waals surface area contributed by atoms with Crippen molar-refractivity contribution in [3.63, 3.8) is 0 Å². The van der Waals surface area contributed by atoms with Gasteiger partial charge in [-0.2, -0.15) is 0 Å². The number of halogens is 1. The number of nitrogens with zero attached hydrogens (tertiary/aromatic N) is 1. The second-order valence-corrected chi connectivity index (χ2v) is 7.14.